The summed E-state index contributed by atoms with van der Waals surface area (Å²) >= 11 is 1.69. The zero-order valence-electron chi connectivity index (χ0n) is 14.0. The van der Waals surface area contributed by atoms with Crippen molar-refractivity contribution in [1.29, 1.82) is 0 Å². The second-order valence-corrected chi connectivity index (χ2v) is 8.16. The summed E-state index contributed by atoms with van der Waals surface area (Å²) in [5.74, 6) is 1.34. The molecule has 2 bridgehead atoms. The van der Waals surface area contributed by atoms with Crippen LogP contribution in [0, 0.1) is 17.8 Å². The van der Waals surface area contributed by atoms with Gasteiger partial charge in [0.2, 0.25) is 5.91 Å². The molecule has 2 aliphatic carbocycles. The van der Waals surface area contributed by atoms with Gasteiger partial charge in [-0.05, 0) is 42.9 Å². The molecule has 0 unspecified atom stereocenters. The maximum Gasteiger partial charge on any atom is 0.228 e. The van der Waals surface area contributed by atoms with Crippen LogP contribution < -0.4 is 10.2 Å². The van der Waals surface area contributed by atoms with Crippen molar-refractivity contribution in [2.75, 3.05) is 36.5 Å². The highest BCUT2D eigenvalue weighted by Gasteiger charge is 2.39. The largest absolute Gasteiger partial charge is 0.378 e. The molecule has 0 radical (unpaired) electrons. The van der Waals surface area contributed by atoms with Crippen molar-refractivity contribution in [1.82, 2.24) is 4.98 Å². The first kappa shape index (κ1) is 15.3. The van der Waals surface area contributed by atoms with Gasteiger partial charge in [0.1, 0.15) is 0 Å². The summed E-state index contributed by atoms with van der Waals surface area (Å²) in [4.78, 5) is 19.6. The van der Waals surface area contributed by atoms with Gasteiger partial charge < -0.3 is 15.0 Å². The lowest BCUT2D eigenvalue weighted by molar-refractivity contribution is -0.120. The second kappa shape index (κ2) is 6.11. The average molecular weight is 355 g/mol. The molecule has 0 spiro atoms. The van der Waals surface area contributed by atoms with Gasteiger partial charge in [-0.2, -0.15) is 0 Å². The highest BCUT2D eigenvalue weighted by atomic mass is 32.1. The van der Waals surface area contributed by atoms with E-state index in [9.17, 15) is 4.79 Å². The van der Waals surface area contributed by atoms with Crippen molar-refractivity contribution in [3.8, 4) is 0 Å². The molecule has 130 valence electrons. The topological polar surface area (TPSA) is 54.5 Å². The summed E-state index contributed by atoms with van der Waals surface area (Å²) in [5, 5.41) is 4.16. The lowest BCUT2D eigenvalue weighted by Gasteiger charge is -2.25. The summed E-state index contributed by atoms with van der Waals surface area (Å²) < 4.78 is 6.53. The van der Waals surface area contributed by atoms with Gasteiger partial charge in [0.25, 0.3) is 0 Å². The number of carbonyl (C=O) groups excluding carboxylic acids is 1. The van der Waals surface area contributed by atoms with Crippen LogP contribution in [-0.2, 0) is 9.53 Å². The Morgan fingerprint density at radius 2 is 2.12 bits per heavy atom. The zero-order valence-corrected chi connectivity index (χ0v) is 14.8. The molecule has 1 aromatic heterocycles. The Morgan fingerprint density at radius 1 is 1.24 bits per heavy atom. The van der Waals surface area contributed by atoms with E-state index in [1.54, 1.807) is 11.3 Å². The van der Waals surface area contributed by atoms with Crippen molar-refractivity contribution in [2.24, 2.45) is 17.8 Å². The minimum Gasteiger partial charge on any atom is -0.378 e. The highest BCUT2D eigenvalue weighted by Crippen LogP contribution is 2.44. The molecule has 1 aromatic carbocycles. The Hall–Kier alpha value is -1.92. The predicted octanol–water partition coefficient (Wildman–Crippen LogP) is 3.28. The van der Waals surface area contributed by atoms with E-state index in [1.165, 1.54) is 0 Å². The number of hydrogen-bond donors (Lipinski definition) is 1. The summed E-state index contributed by atoms with van der Waals surface area (Å²) in [6, 6.07) is 6.02. The van der Waals surface area contributed by atoms with Crippen molar-refractivity contribution in [3.05, 3.63) is 30.4 Å². The van der Waals surface area contributed by atoms with E-state index >= 15 is 0 Å². The van der Waals surface area contributed by atoms with Crippen LogP contribution in [0.15, 0.2) is 30.4 Å². The Labute approximate surface area is 150 Å². The number of anilines is 2. The molecule has 5 rings (SSSR count). The van der Waals surface area contributed by atoms with Gasteiger partial charge in [0.05, 0.1) is 23.4 Å². The number of allylic oxidation sites excluding steroid dienone is 2. The van der Waals surface area contributed by atoms with Crippen molar-refractivity contribution < 1.29 is 9.53 Å². The first-order chi connectivity index (χ1) is 12.3. The van der Waals surface area contributed by atoms with Gasteiger partial charge in [-0.3, -0.25) is 4.79 Å². The van der Waals surface area contributed by atoms with Gasteiger partial charge in [0.15, 0.2) is 5.13 Å². The van der Waals surface area contributed by atoms with Crippen molar-refractivity contribution in [2.45, 2.75) is 12.8 Å². The third kappa shape index (κ3) is 2.83. The third-order valence-corrected chi connectivity index (χ3v) is 6.62. The van der Waals surface area contributed by atoms with Crippen LogP contribution in [0.5, 0.6) is 0 Å². The van der Waals surface area contributed by atoms with Gasteiger partial charge >= 0.3 is 0 Å². The molecule has 3 aliphatic rings. The summed E-state index contributed by atoms with van der Waals surface area (Å²) in [5.41, 5.74) is 1.87. The molecule has 2 fully saturated rings. The number of carbonyl (C=O) groups is 1. The first-order valence-electron chi connectivity index (χ1n) is 8.99. The van der Waals surface area contributed by atoms with Crippen LogP contribution in [0.3, 0.4) is 0 Å². The molecule has 1 aliphatic heterocycles. The fraction of sp³-hybridized carbons (Fsp3) is 0.474. The summed E-state index contributed by atoms with van der Waals surface area (Å²) in [6.07, 6.45) is 6.64. The molecule has 6 heteroatoms. The van der Waals surface area contributed by atoms with E-state index in [1.807, 2.05) is 12.1 Å². The number of nitrogens with zero attached hydrogens (tertiary/aromatic N) is 2. The Morgan fingerprint density at radius 3 is 2.88 bits per heavy atom. The van der Waals surface area contributed by atoms with Crippen LogP contribution >= 0.6 is 11.3 Å². The number of amides is 1. The number of rotatable bonds is 3. The van der Waals surface area contributed by atoms with Gasteiger partial charge in [0, 0.05) is 24.7 Å². The molecule has 2 aromatic rings. The number of aromatic nitrogens is 1. The van der Waals surface area contributed by atoms with Crippen LogP contribution in [0.4, 0.5) is 10.8 Å². The van der Waals surface area contributed by atoms with E-state index < -0.39 is 0 Å². The molecule has 1 saturated heterocycles. The van der Waals surface area contributed by atoms with E-state index in [4.69, 9.17) is 9.72 Å². The van der Waals surface area contributed by atoms with E-state index in [-0.39, 0.29) is 11.8 Å². The fourth-order valence-corrected chi connectivity index (χ4v) is 5.25. The monoisotopic (exact) mass is 355 g/mol. The normalized spacial score (nSPS) is 28.0. The third-order valence-electron chi connectivity index (χ3n) is 5.54. The van der Waals surface area contributed by atoms with Gasteiger partial charge in [-0.15, -0.1) is 0 Å². The number of ether oxygens (including phenoxy) is 1. The average Bonchev–Trinajstić information content (AvgIpc) is 3.37. The lowest BCUT2D eigenvalue weighted by atomic mass is 9.93. The van der Waals surface area contributed by atoms with Crippen molar-refractivity contribution >= 4 is 38.3 Å². The summed E-state index contributed by atoms with van der Waals surface area (Å²) in [6.45, 7) is 3.30. The van der Waals surface area contributed by atoms with Gasteiger partial charge in [-0.1, -0.05) is 23.5 Å². The maximum atomic E-state index is 12.6. The first-order valence-corrected chi connectivity index (χ1v) is 9.80. The van der Waals surface area contributed by atoms with Crippen LogP contribution in [0.2, 0.25) is 0 Å². The zero-order chi connectivity index (χ0) is 16.8. The molecule has 1 saturated carbocycles. The molecular formula is C19H21N3O2S. The van der Waals surface area contributed by atoms with E-state index in [0.29, 0.717) is 11.8 Å². The van der Waals surface area contributed by atoms with E-state index in [0.717, 1.165) is 60.2 Å². The molecule has 25 heavy (non-hydrogen) atoms. The van der Waals surface area contributed by atoms with Gasteiger partial charge in [-0.25, -0.2) is 4.98 Å². The smallest absolute Gasteiger partial charge is 0.228 e. The lowest BCUT2D eigenvalue weighted by Crippen LogP contribution is -2.36. The van der Waals surface area contributed by atoms with Crippen LogP contribution in [-0.4, -0.2) is 37.2 Å². The number of morpholine rings is 1. The Balaban J connectivity index is 1.33. The minimum absolute atomic E-state index is 0.135. The van der Waals surface area contributed by atoms with Crippen LogP contribution in [0.25, 0.3) is 10.2 Å². The molecule has 2 heterocycles. The Kier molecular flexibility index (Phi) is 3.75. The fourth-order valence-electron chi connectivity index (χ4n) is 4.20. The minimum atomic E-state index is 0.135. The molecule has 1 N–H and O–H groups in total. The number of benzene rings is 1. The Bertz CT molecular complexity index is 840. The molecule has 3 atom stereocenters. The molecule has 5 nitrogen and oxygen atoms in total. The SMILES string of the molecule is O=C(Nc1ccc2nc(N3CCOCC3)sc2c1)[C@@H]1C[C@H]2C=C[C@H]1C2. The standard InChI is InChI=1S/C19H21N3O2S/c23-18(15-10-12-1-2-13(15)9-12)20-14-3-4-16-17(11-14)25-19(21-16)22-5-7-24-8-6-22/h1-4,11-13,15H,5-10H2,(H,20,23)/t12-,13-,15+/m0/s1. The number of nitrogens with one attached hydrogen (secondary N) is 1. The summed E-state index contributed by atoms with van der Waals surface area (Å²) in [7, 11) is 0. The number of thiazole rings is 1. The molecule has 1 amide bonds. The highest BCUT2D eigenvalue weighted by molar-refractivity contribution is 7.22. The number of hydrogen-bond acceptors (Lipinski definition) is 5. The maximum absolute atomic E-state index is 12.6. The van der Waals surface area contributed by atoms with Crippen LogP contribution in [0.1, 0.15) is 12.8 Å². The van der Waals surface area contributed by atoms with E-state index in [2.05, 4.69) is 28.4 Å². The second-order valence-electron chi connectivity index (χ2n) is 7.15. The predicted molar refractivity (Wildman–Crippen MR) is 100 cm³/mol. The number of fused-ring (bicyclic) bond motifs is 3. The quantitative estimate of drug-likeness (QED) is 0.859. The van der Waals surface area contributed by atoms with Crippen molar-refractivity contribution in [3.63, 3.8) is 0 Å². The molecular weight excluding hydrogens is 334 g/mol.